The van der Waals surface area contributed by atoms with E-state index in [9.17, 15) is 9.59 Å². The SMILES string of the molecule is CCC1(C(C)C)CSc2cc(OC)c(Br)cc2N(c2ccccc2)C1=O.CCC1(C(C)C)CSc2cc(OC)c(I)cc2N(c2ccccc2)C1=O. The summed E-state index contributed by atoms with van der Waals surface area (Å²) in [6.45, 7) is 12.9. The molecular formula is C42H48BrIN2O4S2. The number of hydrogen-bond donors (Lipinski definition) is 0. The van der Waals surface area contributed by atoms with E-state index in [-0.39, 0.29) is 23.7 Å². The van der Waals surface area contributed by atoms with Crippen LogP contribution in [0.1, 0.15) is 54.4 Å². The van der Waals surface area contributed by atoms with Crippen LogP contribution in [0.4, 0.5) is 22.7 Å². The predicted molar refractivity (Wildman–Crippen MR) is 230 cm³/mol. The lowest BCUT2D eigenvalue weighted by molar-refractivity contribution is -0.129. The smallest absolute Gasteiger partial charge is 0.238 e. The van der Waals surface area contributed by atoms with Crippen molar-refractivity contribution in [3.05, 3.63) is 93.0 Å². The molecular weight excluding hydrogens is 867 g/mol. The van der Waals surface area contributed by atoms with Crippen molar-refractivity contribution in [1.82, 2.24) is 0 Å². The number of para-hydroxylation sites is 2. The molecule has 0 bridgehead atoms. The molecule has 0 radical (unpaired) electrons. The van der Waals surface area contributed by atoms with Gasteiger partial charge in [0.1, 0.15) is 11.5 Å². The summed E-state index contributed by atoms with van der Waals surface area (Å²) in [6, 6.07) is 28.0. The molecule has 2 heterocycles. The van der Waals surface area contributed by atoms with Gasteiger partial charge >= 0.3 is 0 Å². The van der Waals surface area contributed by atoms with E-state index in [0.717, 1.165) is 76.4 Å². The molecule has 0 saturated heterocycles. The van der Waals surface area contributed by atoms with E-state index in [1.165, 1.54) is 0 Å². The number of carbonyl (C=O) groups is 2. The number of benzene rings is 4. The summed E-state index contributed by atoms with van der Waals surface area (Å²) < 4.78 is 12.9. The average Bonchev–Trinajstić information content (AvgIpc) is 3.35. The van der Waals surface area contributed by atoms with Gasteiger partial charge in [-0.1, -0.05) is 77.9 Å². The summed E-state index contributed by atoms with van der Waals surface area (Å²) in [5, 5.41) is 0. The van der Waals surface area contributed by atoms with Gasteiger partial charge in [0.15, 0.2) is 0 Å². The van der Waals surface area contributed by atoms with Crippen LogP contribution >= 0.6 is 62.0 Å². The monoisotopic (exact) mass is 914 g/mol. The van der Waals surface area contributed by atoms with Gasteiger partial charge in [-0.05, 0) is 112 Å². The molecule has 4 aromatic rings. The molecule has 2 amide bonds. The van der Waals surface area contributed by atoms with Gasteiger partial charge in [-0.3, -0.25) is 19.4 Å². The molecule has 0 fully saturated rings. The fourth-order valence-electron chi connectivity index (χ4n) is 6.96. The molecule has 0 saturated carbocycles. The van der Waals surface area contributed by atoms with Gasteiger partial charge < -0.3 is 9.47 Å². The number of fused-ring (bicyclic) bond motifs is 2. The molecule has 0 aliphatic carbocycles. The van der Waals surface area contributed by atoms with Crippen molar-refractivity contribution in [3.8, 4) is 11.5 Å². The minimum absolute atomic E-state index is 0.171. The maximum Gasteiger partial charge on any atom is 0.238 e. The molecule has 6 rings (SSSR count). The Balaban J connectivity index is 0.000000201. The second-order valence-electron chi connectivity index (χ2n) is 13.8. The highest BCUT2D eigenvalue weighted by molar-refractivity contribution is 14.1. The standard InChI is InChI=1S/C21H24BrNO2S.C21H24INO2S/c2*1-5-21(14(2)3)13-26-19-12-18(25-4)16(22)11-17(19)23(20(21)24)15-9-7-6-8-10-15/h2*6-12,14H,5,13H2,1-4H3. The number of nitrogens with zero attached hydrogens (tertiary/aromatic N) is 2. The van der Waals surface area contributed by atoms with Crippen molar-refractivity contribution >= 4 is 96.6 Å². The minimum Gasteiger partial charge on any atom is -0.496 e. The number of rotatable bonds is 8. The van der Waals surface area contributed by atoms with Crippen molar-refractivity contribution in [2.75, 3.05) is 35.5 Å². The zero-order chi connectivity index (χ0) is 37.8. The third-order valence-corrected chi connectivity index (χ3v) is 14.7. The van der Waals surface area contributed by atoms with Crippen LogP contribution in [-0.4, -0.2) is 37.5 Å². The lowest BCUT2D eigenvalue weighted by Gasteiger charge is -2.37. The molecule has 52 heavy (non-hydrogen) atoms. The van der Waals surface area contributed by atoms with Gasteiger partial charge in [0.2, 0.25) is 11.8 Å². The van der Waals surface area contributed by atoms with Gasteiger partial charge in [-0.2, -0.15) is 0 Å². The molecule has 10 heteroatoms. The molecule has 2 unspecified atom stereocenters. The van der Waals surface area contributed by atoms with Crippen LogP contribution in [0.5, 0.6) is 11.5 Å². The first-order valence-corrected chi connectivity index (χ1v) is 21.5. The summed E-state index contributed by atoms with van der Waals surface area (Å²) in [5.74, 6) is 4.04. The molecule has 0 spiro atoms. The summed E-state index contributed by atoms with van der Waals surface area (Å²) in [5.41, 5.74) is 2.89. The third-order valence-electron chi connectivity index (χ3n) is 10.7. The van der Waals surface area contributed by atoms with Gasteiger partial charge in [-0.15, -0.1) is 23.5 Å². The summed E-state index contributed by atoms with van der Waals surface area (Å²) >= 11 is 9.37. The fraction of sp³-hybridized carbons (Fsp3) is 0.381. The predicted octanol–water partition coefficient (Wildman–Crippen LogP) is 12.4. The molecule has 276 valence electrons. The number of anilines is 4. The third kappa shape index (κ3) is 7.64. The minimum atomic E-state index is -0.404. The lowest BCUT2D eigenvalue weighted by atomic mass is 9.75. The first-order valence-electron chi connectivity index (χ1n) is 17.7. The summed E-state index contributed by atoms with van der Waals surface area (Å²) in [4.78, 5) is 33.7. The highest BCUT2D eigenvalue weighted by Gasteiger charge is 2.47. The molecule has 2 aliphatic rings. The first-order chi connectivity index (χ1) is 24.9. The Bertz CT molecular complexity index is 1760. The van der Waals surface area contributed by atoms with E-state index < -0.39 is 10.8 Å². The highest BCUT2D eigenvalue weighted by atomic mass is 127. The Morgan fingerprint density at radius 1 is 0.692 bits per heavy atom. The van der Waals surface area contributed by atoms with Crippen molar-refractivity contribution < 1.29 is 19.1 Å². The van der Waals surface area contributed by atoms with E-state index in [1.54, 1.807) is 37.7 Å². The van der Waals surface area contributed by atoms with Crippen LogP contribution in [0.15, 0.2) is 99.2 Å². The van der Waals surface area contributed by atoms with Crippen molar-refractivity contribution in [3.63, 3.8) is 0 Å². The fourth-order valence-corrected chi connectivity index (χ4v) is 11.2. The number of carbonyl (C=O) groups excluding carboxylic acids is 2. The number of halogens is 2. The van der Waals surface area contributed by atoms with Crippen LogP contribution in [0, 0.1) is 26.2 Å². The zero-order valence-corrected chi connectivity index (χ0v) is 36.5. The van der Waals surface area contributed by atoms with Gasteiger partial charge in [-0.25, -0.2) is 0 Å². The zero-order valence-electron chi connectivity index (χ0n) is 31.2. The molecule has 4 aromatic carbocycles. The number of methoxy groups -OCH3 is 2. The van der Waals surface area contributed by atoms with Crippen molar-refractivity contribution in [1.29, 1.82) is 0 Å². The highest BCUT2D eigenvalue weighted by Crippen LogP contribution is 2.52. The average molecular weight is 916 g/mol. The maximum absolute atomic E-state index is 13.8. The van der Waals surface area contributed by atoms with Crippen molar-refractivity contribution in [2.24, 2.45) is 22.7 Å². The van der Waals surface area contributed by atoms with E-state index in [4.69, 9.17) is 9.47 Å². The normalized spacial score (nSPS) is 20.1. The van der Waals surface area contributed by atoms with E-state index in [0.29, 0.717) is 0 Å². The molecule has 2 atom stereocenters. The number of thioether (sulfide) groups is 2. The van der Waals surface area contributed by atoms with Crippen LogP contribution < -0.4 is 19.3 Å². The van der Waals surface area contributed by atoms with Gasteiger partial charge in [0.05, 0.1) is 44.5 Å². The van der Waals surface area contributed by atoms with Crippen molar-refractivity contribution in [2.45, 2.75) is 64.2 Å². The van der Waals surface area contributed by atoms with Crippen LogP contribution in [-0.2, 0) is 9.59 Å². The molecule has 2 aliphatic heterocycles. The first kappa shape index (κ1) is 40.5. The van der Waals surface area contributed by atoms with Crippen LogP contribution in [0.2, 0.25) is 0 Å². The van der Waals surface area contributed by atoms with Gasteiger partial charge in [0.25, 0.3) is 0 Å². The Labute approximate surface area is 340 Å². The van der Waals surface area contributed by atoms with E-state index in [2.05, 4.69) is 92.2 Å². The Morgan fingerprint density at radius 3 is 1.48 bits per heavy atom. The van der Waals surface area contributed by atoms with E-state index in [1.807, 2.05) is 82.6 Å². The largest absolute Gasteiger partial charge is 0.496 e. The van der Waals surface area contributed by atoms with Crippen LogP contribution in [0.25, 0.3) is 0 Å². The quantitative estimate of drug-likeness (QED) is 0.164. The molecule has 6 nitrogen and oxygen atoms in total. The Kier molecular flexibility index (Phi) is 13.4. The van der Waals surface area contributed by atoms with E-state index >= 15 is 0 Å². The number of amides is 2. The molecule has 0 aromatic heterocycles. The Hall–Kier alpha value is -2.67. The topological polar surface area (TPSA) is 59.1 Å². The number of ether oxygens (including phenoxy) is 2. The van der Waals surface area contributed by atoms with Gasteiger partial charge in [0, 0.05) is 32.7 Å². The Morgan fingerprint density at radius 2 is 1.10 bits per heavy atom. The summed E-state index contributed by atoms with van der Waals surface area (Å²) in [6.07, 6.45) is 1.63. The molecule has 0 N–H and O–H groups in total. The van der Waals surface area contributed by atoms with Crippen LogP contribution in [0.3, 0.4) is 0 Å². The lowest BCUT2D eigenvalue weighted by Crippen LogP contribution is -2.45. The number of hydrogen-bond acceptors (Lipinski definition) is 6. The second-order valence-corrected chi connectivity index (χ2v) is 17.8. The maximum atomic E-state index is 13.8. The second kappa shape index (κ2) is 17.2. The summed E-state index contributed by atoms with van der Waals surface area (Å²) in [7, 11) is 3.36.